The molecule has 0 saturated carbocycles. The summed E-state index contributed by atoms with van der Waals surface area (Å²) >= 11 is 3.37. The lowest BCUT2D eigenvalue weighted by Gasteiger charge is -2.07. The lowest BCUT2D eigenvalue weighted by molar-refractivity contribution is 0.778. The number of aryl methyl sites for hydroxylation is 1. The molecule has 0 atom stereocenters. The highest BCUT2D eigenvalue weighted by molar-refractivity contribution is 9.10. The number of rotatable bonds is 3. The Bertz CT molecular complexity index is 611. The fourth-order valence-electron chi connectivity index (χ4n) is 1.58. The van der Waals surface area contributed by atoms with Crippen LogP contribution in [0, 0.1) is 11.3 Å². The SMILES string of the molecule is Cn1ncc(CNc2cc(Br)cc(C#N)c2)c1N. The minimum Gasteiger partial charge on any atom is -0.384 e. The molecule has 1 aromatic carbocycles. The smallest absolute Gasteiger partial charge is 0.126 e. The molecule has 3 N–H and O–H groups in total. The van der Waals surface area contributed by atoms with Gasteiger partial charge in [0.2, 0.25) is 0 Å². The molecule has 0 spiro atoms. The molecule has 0 bridgehead atoms. The lowest BCUT2D eigenvalue weighted by atomic mass is 10.2. The van der Waals surface area contributed by atoms with Crippen molar-refractivity contribution in [2.24, 2.45) is 7.05 Å². The fourth-order valence-corrected chi connectivity index (χ4v) is 2.08. The van der Waals surface area contributed by atoms with Crippen molar-refractivity contribution in [3.05, 3.63) is 40.0 Å². The zero-order valence-electron chi connectivity index (χ0n) is 9.81. The van der Waals surface area contributed by atoms with E-state index in [9.17, 15) is 0 Å². The number of nitrogens with two attached hydrogens (primary N) is 1. The molecule has 0 aliphatic heterocycles. The predicted octanol–water partition coefficient (Wildman–Crippen LogP) is 2.25. The van der Waals surface area contributed by atoms with E-state index < -0.39 is 0 Å². The fraction of sp³-hybridized carbons (Fsp3) is 0.167. The van der Waals surface area contributed by atoms with Crippen LogP contribution in [0.3, 0.4) is 0 Å². The van der Waals surface area contributed by atoms with Crippen molar-refractivity contribution >= 4 is 27.4 Å². The molecule has 0 aliphatic rings. The van der Waals surface area contributed by atoms with Crippen LogP contribution >= 0.6 is 15.9 Å². The summed E-state index contributed by atoms with van der Waals surface area (Å²) < 4.78 is 2.49. The number of hydrogen-bond acceptors (Lipinski definition) is 4. The van der Waals surface area contributed by atoms with E-state index in [-0.39, 0.29) is 0 Å². The van der Waals surface area contributed by atoms with E-state index >= 15 is 0 Å². The topological polar surface area (TPSA) is 79.7 Å². The summed E-state index contributed by atoms with van der Waals surface area (Å²) in [4.78, 5) is 0. The minimum atomic E-state index is 0.570. The maximum absolute atomic E-state index is 8.89. The van der Waals surface area contributed by atoms with E-state index in [1.165, 1.54) is 0 Å². The first-order valence-corrected chi connectivity index (χ1v) is 6.10. The highest BCUT2D eigenvalue weighted by Gasteiger charge is 2.05. The molecule has 5 nitrogen and oxygen atoms in total. The van der Waals surface area contributed by atoms with Crippen molar-refractivity contribution in [3.8, 4) is 6.07 Å². The largest absolute Gasteiger partial charge is 0.384 e. The summed E-state index contributed by atoms with van der Waals surface area (Å²) in [5.74, 6) is 0.637. The van der Waals surface area contributed by atoms with Crippen LogP contribution in [-0.2, 0) is 13.6 Å². The second-order valence-electron chi connectivity index (χ2n) is 3.87. The number of nitriles is 1. The Morgan fingerprint density at radius 2 is 2.28 bits per heavy atom. The third-order valence-corrected chi connectivity index (χ3v) is 3.03. The van der Waals surface area contributed by atoms with Gasteiger partial charge in [0.05, 0.1) is 17.8 Å². The summed E-state index contributed by atoms with van der Waals surface area (Å²) in [5.41, 5.74) is 8.25. The summed E-state index contributed by atoms with van der Waals surface area (Å²) in [7, 11) is 1.80. The molecule has 18 heavy (non-hydrogen) atoms. The van der Waals surface area contributed by atoms with E-state index in [2.05, 4.69) is 32.4 Å². The molecule has 92 valence electrons. The van der Waals surface area contributed by atoms with E-state index in [1.54, 1.807) is 30.1 Å². The number of nitrogens with one attached hydrogen (secondary N) is 1. The minimum absolute atomic E-state index is 0.570. The first-order chi connectivity index (χ1) is 8.60. The van der Waals surface area contributed by atoms with E-state index in [0.29, 0.717) is 17.9 Å². The lowest BCUT2D eigenvalue weighted by Crippen LogP contribution is -2.04. The number of halogens is 1. The monoisotopic (exact) mass is 305 g/mol. The van der Waals surface area contributed by atoms with Crippen molar-refractivity contribution in [2.45, 2.75) is 6.54 Å². The predicted molar refractivity (Wildman–Crippen MR) is 73.8 cm³/mol. The Morgan fingerprint density at radius 1 is 1.50 bits per heavy atom. The van der Waals surface area contributed by atoms with Crippen LogP contribution in [0.25, 0.3) is 0 Å². The molecule has 6 heteroatoms. The van der Waals surface area contributed by atoms with Crippen molar-refractivity contribution in [1.82, 2.24) is 9.78 Å². The maximum atomic E-state index is 8.89. The third-order valence-electron chi connectivity index (χ3n) is 2.57. The Kier molecular flexibility index (Phi) is 3.53. The molecule has 0 unspecified atom stereocenters. The van der Waals surface area contributed by atoms with Gasteiger partial charge in [-0.25, -0.2) is 0 Å². The standard InChI is InChI=1S/C12H12BrN5/c1-18-12(15)9(7-17-18)6-16-11-3-8(5-14)2-10(13)4-11/h2-4,7,16H,6,15H2,1H3. The van der Waals surface area contributed by atoms with Crippen LogP contribution in [-0.4, -0.2) is 9.78 Å². The average Bonchev–Trinajstić information content (AvgIpc) is 2.67. The summed E-state index contributed by atoms with van der Waals surface area (Å²) in [5, 5.41) is 16.2. The zero-order valence-corrected chi connectivity index (χ0v) is 11.4. The molecule has 2 aromatic rings. The van der Waals surface area contributed by atoms with Crippen molar-refractivity contribution < 1.29 is 0 Å². The molecular weight excluding hydrogens is 294 g/mol. The Hall–Kier alpha value is -2.00. The highest BCUT2D eigenvalue weighted by atomic mass is 79.9. The van der Waals surface area contributed by atoms with Crippen molar-refractivity contribution in [1.29, 1.82) is 5.26 Å². The molecule has 0 saturated heterocycles. The molecule has 2 rings (SSSR count). The third kappa shape index (κ3) is 2.63. The number of hydrogen-bond donors (Lipinski definition) is 2. The van der Waals surface area contributed by atoms with Gasteiger partial charge in [-0.05, 0) is 18.2 Å². The number of nitrogens with zero attached hydrogens (tertiary/aromatic N) is 3. The van der Waals surface area contributed by atoms with Gasteiger partial charge in [0, 0.05) is 29.3 Å². The Labute approximate surface area is 113 Å². The number of nitrogen functional groups attached to an aromatic ring is 1. The van der Waals surface area contributed by atoms with Gasteiger partial charge in [0.1, 0.15) is 5.82 Å². The van der Waals surface area contributed by atoms with Gasteiger partial charge in [0.15, 0.2) is 0 Å². The molecule has 0 aliphatic carbocycles. The first-order valence-electron chi connectivity index (χ1n) is 5.31. The van der Waals surface area contributed by atoms with E-state index in [1.807, 2.05) is 6.07 Å². The van der Waals surface area contributed by atoms with E-state index in [0.717, 1.165) is 15.7 Å². The molecular formula is C12H12BrN5. The Balaban J connectivity index is 2.13. The van der Waals surface area contributed by atoms with E-state index in [4.69, 9.17) is 11.0 Å². The molecule has 1 aromatic heterocycles. The first kappa shape index (κ1) is 12.5. The number of benzene rings is 1. The van der Waals surface area contributed by atoms with Gasteiger partial charge in [-0.3, -0.25) is 4.68 Å². The van der Waals surface area contributed by atoms with Crippen LogP contribution < -0.4 is 11.1 Å². The quantitative estimate of drug-likeness (QED) is 0.911. The number of anilines is 2. The number of aromatic nitrogens is 2. The summed E-state index contributed by atoms with van der Waals surface area (Å²) in [6.07, 6.45) is 1.73. The second-order valence-corrected chi connectivity index (χ2v) is 4.79. The van der Waals surface area contributed by atoms with Gasteiger partial charge in [-0.15, -0.1) is 0 Å². The zero-order chi connectivity index (χ0) is 13.1. The average molecular weight is 306 g/mol. The molecule has 0 fully saturated rings. The molecule has 0 radical (unpaired) electrons. The van der Waals surface area contributed by atoms with Crippen LogP contribution in [0.4, 0.5) is 11.5 Å². The summed E-state index contributed by atoms with van der Waals surface area (Å²) in [6.45, 7) is 0.570. The van der Waals surface area contributed by atoms with Crippen LogP contribution in [0.5, 0.6) is 0 Å². The van der Waals surface area contributed by atoms with Gasteiger partial charge in [-0.1, -0.05) is 15.9 Å². The second kappa shape index (κ2) is 5.10. The van der Waals surface area contributed by atoms with Crippen LogP contribution in [0.1, 0.15) is 11.1 Å². The van der Waals surface area contributed by atoms with Gasteiger partial charge in [-0.2, -0.15) is 10.4 Å². The normalized spacial score (nSPS) is 10.1. The molecule has 0 amide bonds. The highest BCUT2D eigenvalue weighted by Crippen LogP contribution is 2.20. The van der Waals surface area contributed by atoms with Gasteiger partial charge in [0.25, 0.3) is 0 Å². The maximum Gasteiger partial charge on any atom is 0.126 e. The van der Waals surface area contributed by atoms with Crippen molar-refractivity contribution in [3.63, 3.8) is 0 Å². The Morgan fingerprint density at radius 3 is 2.89 bits per heavy atom. The van der Waals surface area contributed by atoms with Crippen LogP contribution in [0.15, 0.2) is 28.9 Å². The van der Waals surface area contributed by atoms with Gasteiger partial charge >= 0.3 is 0 Å². The van der Waals surface area contributed by atoms with Crippen LogP contribution in [0.2, 0.25) is 0 Å². The molecule has 1 heterocycles. The van der Waals surface area contributed by atoms with Gasteiger partial charge < -0.3 is 11.1 Å². The van der Waals surface area contributed by atoms with Crippen molar-refractivity contribution in [2.75, 3.05) is 11.1 Å². The summed E-state index contributed by atoms with van der Waals surface area (Å²) in [6, 6.07) is 7.58.